The van der Waals surface area contributed by atoms with Crippen molar-refractivity contribution in [3.05, 3.63) is 60.2 Å². The van der Waals surface area contributed by atoms with Crippen molar-refractivity contribution >= 4 is 23.2 Å². The summed E-state index contributed by atoms with van der Waals surface area (Å²) in [5.41, 5.74) is 8.65. The molecule has 3 saturated heterocycles. The van der Waals surface area contributed by atoms with Crippen LogP contribution in [0.2, 0.25) is 0 Å². The molecule has 6 N–H and O–H groups in total. The first-order chi connectivity index (χ1) is 14.7. The summed E-state index contributed by atoms with van der Waals surface area (Å²) in [5, 5.41) is 13.2. The maximum atomic E-state index is 12.3. The largest absolute Gasteiger partial charge is 0.382 e. The van der Waals surface area contributed by atoms with E-state index in [-0.39, 0.29) is 41.9 Å². The zero-order chi connectivity index (χ0) is 20.5. The molecule has 5 rings (SSSR count). The van der Waals surface area contributed by atoms with Crippen LogP contribution in [0.5, 0.6) is 0 Å². The van der Waals surface area contributed by atoms with Crippen molar-refractivity contribution in [2.75, 3.05) is 23.7 Å². The Labute approximate surface area is 175 Å². The highest BCUT2D eigenvalue weighted by Gasteiger charge is 2.50. The number of hydrogen-bond donors (Lipinski definition) is 6. The quantitative estimate of drug-likeness (QED) is 0.450. The fraction of sp³-hybridized carbons (Fsp3) is 0.364. The molecule has 5 unspecified atom stereocenters. The molecular formula is C22H26N6O2. The number of piperidine rings is 2. The summed E-state index contributed by atoms with van der Waals surface area (Å²) in [6, 6.07) is 17.0. The Balaban J connectivity index is 1.26. The van der Waals surface area contributed by atoms with Gasteiger partial charge in [-0.2, -0.15) is 0 Å². The van der Waals surface area contributed by atoms with Gasteiger partial charge in [-0.15, -0.1) is 0 Å². The minimum absolute atomic E-state index is 0.0175. The van der Waals surface area contributed by atoms with Crippen LogP contribution < -0.4 is 32.1 Å². The van der Waals surface area contributed by atoms with Gasteiger partial charge in [0.1, 0.15) is 6.04 Å². The van der Waals surface area contributed by atoms with Crippen molar-refractivity contribution in [1.29, 1.82) is 0 Å². The van der Waals surface area contributed by atoms with Crippen LogP contribution in [-0.4, -0.2) is 43.2 Å². The van der Waals surface area contributed by atoms with E-state index in [1.165, 1.54) is 0 Å². The summed E-state index contributed by atoms with van der Waals surface area (Å²) in [6.45, 7) is 1.63. The van der Waals surface area contributed by atoms with Crippen molar-refractivity contribution in [3.63, 3.8) is 0 Å². The molecule has 156 valence electrons. The fourth-order valence-electron chi connectivity index (χ4n) is 4.85. The van der Waals surface area contributed by atoms with Gasteiger partial charge in [0.2, 0.25) is 5.91 Å². The van der Waals surface area contributed by atoms with Gasteiger partial charge in [-0.1, -0.05) is 18.2 Å². The van der Waals surface area contributed by atoms with Crippen molar-refractivity contribution < 1.29 is 9.59 Å². The van der Waals surface area contributed by atoms with E-state index in [4.69, 9.17) is 0 Å². The average Bonchev–Trinajstić information content (AvgIpc) is 3.26. The molecule has 0 saturated carbocycles. The fourth-order valence-corrected chi connectivity index (χ4v) is 4.85. The van der Waals surface area contributed by atoms with Gasteiger partial charge in [-0.25, -0.2) is 5.43 Å². The second-order valence-corrected chi connectivity index (χ2v) is 8.12. The van der Waals surface area contributed by atoms with Crippen LogP contribution in [0, 0.1) is 11.8 Å². The summed E-state index contributed by atoms with van der Waals surface area (Å²) < 4.78 is 0. The normalized spacial score (nSPS) is 30.0. The maximum absolute atomic E-state index is 12.3. The first kappa shape index (κ1) is 19.0. The summed E-state index contributed by atoms with van der Waals surface area (Å²) in [7, 11) is 0. The highest BCUT2D eigenvalue weighted by molar-refractivity contribution is 6.04. The van der Waals surface area contributed by atoms with E-state index in [9.17, 15) is 9.59 Å². The summed E-state index contributed by atoms with van der Waals surface area (Å²) in [5.74, 6) is 0.445. The number of carbonyl (C=O) groups is 2. The Morgan fingerprint density at radius 2 is 1.77 bits per heavy atom. The highest BCUT2D eigenvalue weighted by Crippen LogP contribution is 2.33. The Morgan fingerprint density at radius 1 is 1.00 bits per heavy atom. The average molecular weight is 406 g/mol. The van der Waals surface area contributed by atoms with E-state index >= 15 is 0 Å². The molecule has 0 radical (unpaired) electrons. The Kier molecular flexibility index (Phi) is 5.12. The number of rotatable bonds is 4. The molecule has 3 fully saturated rings. The van der Waals surface area contributed by atoms with Crippen LogP contribution in [0.4, 0.5) is 11.4 Å². The standard InChI is InChI=1S/C22H26N6O2/c29-21(13-4-2-1-3-5-13)26-15-8-6-14(7-9-15)25-17-10-11-23-20-18(17)16-12-24-28-19(16)22(30)27-20/h1-9,16-20,23-25,28H,10-12H2,(H,26,29)(H,27,30). The van der Waals surface area contributed by atoms with E-state index in [0.717, 1.165) is 30.9 Å². The molecule has 8 heteroatoms. The van der Waals surface area contributed by atoms with Crippen LogP contribution >= 0.6 is 0 Å². The number of amides is 2. The van der Waals surface area contributed by atoms with E-state index in [1.807, 2.05) is 42.5 Å². The zero-order valence-electron chi connectivity index (χ0n) is 16.5. The van der Waals surface area contributed by atoms with E-state index < -0.39 is 0 Å². The maximum Gasteiger partial charge on any atom is 0.255 e. The molecule has 2 aromatic carbocycles. The predicted molar refractivity (Wildman–Crippen MR) is 115 cm³/mol. The first-order valence-corrected chi connectivity index (χ1v) is 10.4. The lowest BCUT2D eigenvalue weighted by molar-refractivity contribution is -0.129. The van der Waals surface area contributed by atoms with Crippen LogP contribution in [0.25, 0.3) is 0 Å². The van der Waals surface area contributed by atoms with Gasteiger partial charge in [-0.05, 0) is 49.4 Å². The first-order valence-electron chi connectivity index (χ1n) is 10.4. The van der Waals surface area contributed by atoms with E-state index in [0.29, 0.717) is 5.56 Å². The number of anilines is 2. The van der Waals surface area contributed by atoms with Crippen LogP contribution in [0.15, 0.2) is 54.6 Å². The lowest BCUT2D eigenvalue weighted by Crippen LogP contribution is -2.69. The molecule has 2 amide bonds. The number of carbonyl (C=O) groups excluding carboxylic acids is 2. The molecule has 5 atom stereocenters. The SMILES string of the molecule is O=C(Nc1ccc(NC2CCNC3NC(=O)C4NNCC4C23)cc1)c1ccccc1. The second-order valence-electron chi connectivity index (χ2n) is 8.12. The molecule has 0 aromatic heterocycles. The predicted octanol–water partition coefficient (Wildman–Crippen LogP) is 0.877. The van der Waals surface area contributed by atoms with Gasteiger partial charge in [0.25, 0.3) is 5.91 Å². The van der Waals surface area contributed by atoms with E-state index in [2.05, 4.69) is 32.1 Å². The second kappa shape index (κ2) is 8.06. The molecule has 0 bridgehead atoms. The number of benzene rings is 2. The minimum Gasteiger partial charge on any atom is -0.382 e. The molecular weight excluding hydrogens is 380 g/mol. The highest BCUT2D eigenvalue weighted by atomic mass is 16.2. The number of hydrogen-bond acceptors (Lipinski definition) is 6. The Hall–Kier alpha value is -2.94. The van der Waals surface area contributed by atoms with Gasteiger partial charge in [0.15, 0.2) is 0 Å². The lowest BCUT2D eigenvalue weighted by atomic mass is 9.74. The van der Waals surface area contributed by atoms with Crippen LogP contribution in [-0.2, 0) is 4.79 Å². The zero-order valence-corrected chi connectivity index (χ0v) is 16.5. The molecule has 30 heavy (non-hydrogen) atoms. The lowest BCUT2D eigenvalue weighted by Gasteiger charge is -2.47. The topological polar surface area (TPSA) is 106 Å². The molecule has 8 nitrogen and oxygen atoms in total. The Morgan fingerprint density at radius 3 is 2.57 bits per heavy atom. The number of fused-ring (bicyclic) bond motifs is 3. The molecule has 2 aromatic rings. The minimum atomic E-state index is -0.189. The third-order valence-corrected chi connectivity index (χ3v) is 6.30. The van der Waals surface area contributed by atoms with E-state index in [1.54, 1.807) is 12.1 Å². The van der Waals surface area contributed by atoms with Gasteiger partial charge in [0.05, 0.1) is 6.17 Å². The molecule has 0 spiro atoms. The third kappa shape index (κ3) is 3.65. The summed E-state index contributed by atoms with van der Waals surface area (Å²) >= 11 is 0. The van der Waals surface area contributed by atoms with Crippen molar-refractivity contribution in [2.45, 2.75) is 24.7 Å². The van der Waals surface area contributed by atoms with Crippen molar-refractivity contribution in [1.82, 2.24) is 21.5 Å². The van der Waals surface area contributed by atoms with Crippen molar-refractivity contribution in [2.24, 2.45) is 11.8 Å². The summed E-state index contributed by atoms with van der Waals surface area (Å²) in [4.78, 5) is 24.6. The molecule has 3 aliphatic rings. The van der Waals surface area contributed by atoms with Crippen LogP contribution in [0.3, 0.4) is 0 Å². The molecule has 3 aliphatic heterocycles. The number of hydrazine groups is 1. The summed E-state index contributed by atoms with van der Waals surface area (Å²) in [6.07, 6.45) is 0.961. The Bertz CT molecular complexity index is 919. The van der Waals surface area contributed by atoms with Gasteiger partial charge in [-0.3, -0.25) is 20.3 Å². The molecule has 0 aliphatic carbocycles. The van der Waals surface area contributed by atoms with Gasteiger partial charge < -0.3 is 16.0 Å². The monoisotopic (exact) mass is 406 g/mol. The van der Waals surface area contributed by atoms with Crippen LogP contribution in [0.1, 0.15) is 16.8 Å². The third-order valence-electron chi connectivity index (χ3n) is 6.30. The van der Waals surface area contributed by atoms with Gasteiger partial charge >= 0.3 is 0 Å². The number of nitrogens with one attached hydrogen (secondary N) is 6. The molecule has 3 heterocycles. The van der Waals surface area contributed by atoms with Gasteiger partial charge in [0, 0.05) is 41.4 Å². The smallest absolute Gasteiger partial charge is 0.255 e. The van der Waals surface area contributed by atoms with Crippen molar-refractivity contribution in [3.8, 4) is 0 Å².